The molecule has 2 amide bonds. The van der Waals surface area contributed by atoms with E-state index in [0.717, 1.165) is 17.1 Å². The summed E-state index contributed by atoms with van der Waals surface area (Å²) in [4.78, 5) is 29.6. The van der Waals surface area contributed by atoms with Gasteiger partial charge in [0.25, 0.3) is 5.91 Å². The molecule has 0 aliphatic carbocycles. The summed E-state index contributed by atoms with van der Waals surface area (Å²) in [5, 5.41) is 8.66. The van der Waals surface area contributed by atoms with Crippen LogP contribution >= 0.6 is 11.3 Å². The van der Waals surface area contributed by atoms with Crippen LogP contribution in [0.15, 0.2) is 29.6 Å². The van der Waals surface area contributed by atoms with Crippen molar-refractivity contribution in [2.24, 2.45) is 5.92 Å². The Morgan fingerprint density at radius 1 is 1.27 bits per heavy atom. The molecule has 1 atom stereocenters. The number of ether oxygens (including phenoxy) is 1. The van der Waals surface area contributed by atoms with Gasteiger partial charge in [-0.1, -0.05) is 32.9 Å². The number of nitrogens with zero attached hydrogens (tertiary/aromatic N) is 1. The zero-order valence-corrected chi connectivity index (χ0v) is 16.4. The minimum absolute atomic E-state index is 0.0599. The third kappa shape index (κ3) is 5.05. The molecule has 0 saturated heterocycles. The summed E-state index contributed by atoms with van der Waals surface area (Å²) in [5.74, 6) is -0.148. The molecule has 1 unspecified atom stereocenters. The van der Waals surface area contributed by atoms with E-state index in [1.165, 1.54) is 7.11 Å². The largest absolute Gasteiger partial charge is 0.496 e. The topological polar surface area (TPSA) is 80.3 Å². The van der Waals surface area contributed by atoms with Crippen molar-refractivity contribution in [2.75, 3.05) is 7.11 Å². The molecule has 0 aliphatic heterocycles. The molecular formula is C19H25N3O3S. The minimum atomic E-state index is -0.642. The van der Waals surface area contributed by atoms with Gasteiger partial charge in [0.15, 0.2) is 0 Å². The highest BCUT2D eigenvalue weighted by Gasteiger charge is 2.25. The first-order chi connectivity index (χ1) is 12.5. The van der Waals surface area contributed by atoms with E-state index in [-0.39, 0.29) is 17.7 Å². The molecule has 1 aromatic heterocycles. The van der Waals surface area contributed by atoms with Crippen molar-refractivity contribution in [3.63, 3.8) is 0 Å². The number of hydrogen-bond donors (Lipinski definition) is 2. The third-order valence-corrected chi connectivity index (χ3v) is 4.97. The zero-order chi connectivity index (χ0) is 19.1. The molecule has 0 spiro atoms. The number of rotatable bonds is 8. The first-order valence-electron chi connectivity index (χ1n) is 8.61. The van der Waals surface area contributed by atoms with Crippen molar-refractivity contribution in [1.82, 2.24) is 15.6 Å². The second-order valence-electron chi connectivity index (χ2n) is 6.20. The van der Waals surface area contributed by atoms with Crippen LogP contribution in [0.4, 0.5) is 0 Å². The first-order valence-corrected chi connectivity index (χ1v) is 9.49. The van der Waals surface area contributed by atoms with E-state index >= 15 is 0 Å². The monoisotopic (exact) mass is 375 g/mol. The molecule has 6 nitrogen and oxygen atoms in total. The molecule has 1 aromatic carbocycles. The average molecular weight is 375 g/mol. The van der Waals surface area contributed by atoms with E-state index in [0.29, 0.717) is 17.9 Å². The van der Waals surface area contributed by atoms with Crippen LogP contribution in [-0.4, -0.2) is 29.9 Å². The fourth-order valence-corrected chi connectivity index (χ4v) is 3.21. The number of methoxy groups -OCH3 is 1. The van der Waals surface area contributed by atoms with Gasteiger partial charge in [-0.3, -0.25) is 9.59 Å². The fraction of sp³-hybridized carbons (Fsp3) is 0.421. The van der Waals surface area contributed by atoms with Gasteiger partial charge in [-0.25, -0.2) is 4.98 Å². The summed E-state index contributed by atoms with van der Waals surface area (Å²) in [7, 11) is 1.51. The zero-order valence-electron chi connectivity index (χ0n) is 15.5. The summed E-state index contributed by atoms with van der Waals surface area (Å²) >= 11 is 1.58. The van der Waals surface area contributed by atoms with Gasteiger partial charge >= 0.3 is 0 Å². The summed E-state index contributed by atoms with van der Waals surface area (Å²) < 4.78 is 5.22. The molecule has 0 saturated carbocycles. The minimum Gasteiger partial charge on any atom is -0.496 e. The second kappa shape index (κ2) is 9.33. The third-order valence-electron chi connectivity index (χ3n) is 3.93. The normalized spacial score (nSPS) is 11.9. The highest BCUT2D eigenvalue weighted by Crippen LogP contribution is 2.18. The Labute approximate surface area is 158 Å². The number of aryl methyl sites for hydroxylation is 1. The predicted molar refractivity (Wildman–Crippen MR) is 102 cm³/mol. The van der Waals surface area contributed by atoms with Gasteiger partial charge in [0.05, 0.1) is 29.9 Å². The van der Waals surface area contributed by atoms with Gasteiger partial charge < -0.3 is 15.4 Å². The lowest BCUT2D eigenvalue weighted by molar-refractivity contribution is -0.124. The maximum atomic E-state index is 12.6. The lowest BCUT2D eigenvalue weighted by Gasteiger charge is -2.22. The van der Waals surface area contributed by atoms with Crippen molar-refractivity contribution in [2.45, 2.75) is 39.8 Å². The van der Waals surface area contributed by atoms with Crippen LogP contribution in [0.5, 0.6) is 5.75 Å². The lowest BCUT2D eigenvalue weighted by atomic mass is 10.0. The number of thiazole rings is 1. The van der Waals surface area contributed by atoms with Gasteiger partial charge in [0, 0.05) is 5.38 Å². The highest BCUT2D eigenvalue weighted by molar-refractivity contribution is 7.09. The van der Waals surface area contributed by atoms with E-state index in [4.69, 9.17) is 4.74 Å². The van der Waals surface area contributed by atoms with E-state index in [1.54, 1.807) is 35.6 Å². The average Bonchev–Trinajstić information content (AvgIpc) is 3.11. The van der Waals surface area contributed by atoms with Crippen molar-refractivity contribution in [3.8, 4) is 5.75 Å². The molecular weight excluding hydrogens is 350 g/mol. The van der Waals surface area contributed by atoms with Crippen LogP contribution in [0.25, 0.3) is 0 Å². The summed E-state index contributed by atoms with van der Waals surface area (Å²) in [6, 6.07) is 6.30. The van der Waals surface area contributed by atoms with E-state index in [9.17, 15) is 9.59 Å². The molecule has 2 aromatic rings. The molecule has 26 heavy (non-hydrogen) atoms. The predicted octanol–water partition coefficient (Wildman–Crippen LogP) is 2.78. The Bertz CT molecular complexity index is 758. The maximum Gasteiger partial charge on any atom is 0.255 e. The second-order valence-corrected chi connectivity index (χ2v) is 7.14. The van der Waals surface area contributed by atoms with Crippen molar-refractivity contribution < 1.29 is 14.3 Å². The van der Waals surface area contributed by atoms with Gasteiger partial charge in [-0.15, -0.1) is 11.3 Å². The van der Waals surface area contributed by atoms with Crippen molar-refractivity contribution in [3.05, 3.63) is 45.9 Å². The molecule has 2 N–H and O–H groups in total. The van der Waals surface area contributed by atoms with Crippen LogP contribution in [0.1, 0.15) is 41.8 Å². The van der Waals surface area contributed by atoms with Crippen LogP contribution < -0.4 is 15.4 Å². The van der Waals surface area contributed by atoms with Crippen LogP contribution in [0.2, 0.25) is 0 Å². The number of para-hydroxylation sites is 1. The molecule has 0 radical (unpaired) electrons. The Hall–Kier alpha value is -2.41. The van der Waals surface area contributed by atoms with E-state index in [2.05, 4.69) is 15.6 Å². The van der Waals surface area contributed by atoms with E-state index in [1.807, 2.05) is 26.2 Å². The fourth-order valence-electron chi connectivity index (χ4n) is 2.47. The van der Waals surface area contributed by atoms with Gasteiger partial charge in [-0.2, -0.15) is 0 Å². The van der Waals surface area contributed by atoms with Gasteiger partial charge in [0.1, 0.15) is 11.8 Å². The number of nitrogens with one attached hydrogen (secondary N) is 2. The number of hydrogen-bond acceptors (Lipinski definition) is 5. The van der Waals surface area contributed by atoms with Crippen molar-refractivity contribution in [1.29, 1.82) is 0 Å². The highest BCUT2D eigenvalue weighted by atomic mass is 32.1. The molecule has 140 valence electrons. The quantitative estimate of drug-likeness (QED) is 0.743. The SMILES string of the molecule is CCc1nc(CNC(=O)C(NC(=O)c2ccccc2OC)C(C)C)cs1. The van der Waals surface area contributed by atoms with Crippen LogP contribution in [-0.2, 0) is 17.8 Å². The smallest absolute Gasteiger partial charge is 0.255 e. The Morgan fingerprint density at radius 3 is 2.62 bits per heavy atom. The molecule has 0 fully saturated rings. The summed E-state index contributed by atoms with van der Waals surface area (Å²) in [6.45, 7) is 6.18. The summed E-state index contributed by atoms with van der Waals surface area (Å²) in [6.07, 6.45) is 0.877. The van der Waals surface area contributed by atoms with E-state index < -0.39 is 6.04 Å². The standard InChI is InChI=1S/C19H25N3O3S/c1-5-16-21-13(11-26-16)10-20-19(24)17(12(2)3)22-18(23)14-8-6-7-9-15(14)25-4/h6-9,11-12,17H,5,10H2,1-4H3,(H,20,24)(H,22,23). The number of benzene rings is 1. The molecule has 0 aliphatic rings. The molecule has 7 heteroatoms. The van der Waals surface area contributed by atoms with Crippen LogP contribution in [0, 0.1) is 5.92 Å². The number of carbonyl (C=O) groups excluding carboxylic acids is 2. The van der Waals surface area contributed by atoms with Gasteiger partial charge in [0.2, 0.25) is 5.91 Å². The summed E-state index contributed by atoms with van der Waals surface area (Å²) in [5.41, 5.74) is 1.24. The molecule has 2 rings (SSSR count). The molecule has 1 heterocycles. The first kappa shape index (κ1) is 19.9. The number of aromatic nitrogens is 1. The Balaban J connectivity index is 2.02. The Morgan fingerprint density at radius 2 is 2.00 bits per heavy atom. The molecule has 0 bridgehead atoms. The van der Waals surface area contributed by atoms with Gasteiger partial charge in [-0.05, 0) is 24.5 Å². The van der Waals surface area contributed by atoms with Crippen LogP contribution in [0.3, 0.4) is 0 Å². The Kier molecular flexibility index (Phi) is 7.15. The maximum absolute atomic E-state index is 12.6. The number of carbonyl (C=O) groups is 2. The number of amides is 2. The van der Waals surface area contributed by atoms with Crippen molar-refractivity contribution >= 4 is 23.2 Å². The lowest BCUT2D eigenvalue weighted by Crippen LogP contribution is -2.49.